The Balaban J connectivity index is 2.20. The summed E-state index contributed by atoms with van der Waals surface area (Å²) in [6, 6.07) is 15.8. The van der Waals surface area contributed by atoms with E-state index in [0.29, 0.717) is 12.2 Å². The predicted molar refractivity (Wildman–Crippen MR) is 79.3 cm³/mol. The zero-order valence-corrected chi connectivity index (χ0v) is 12.0. The zero-order chi connectivity index (χ0) is 14.6. The Morgan fingerprint density at radius 2 is 1.65 bits per heavy atom. The second kappa shape index (κ2) is 6.04. The van der Waals surface area contributed by atoms with Gasteiger partial charge in [-0.15, -0.1) is 0 Å². The van der Waals surface area contributed by atoms with Gasteiger partial charge in [-0.3, -0.25) is 5.84 Å². The van der Waals surface area contributed by atoms with E-state index in [1.807, 2.05) is 30.3 Å². The Hall–Kier alpha value is -1.89. The summed E-state index contributed by atoms with van der Waals surface area (Å²) >= 11 is 0. The maximum Gasteiger partial charge on any atom is 0.243 e. The van der Waals surface area contributed by atoms with Gasteiger partial charge < -0.3 is 5.43 Å². The summed E-state index contributed by atoms with van der Waals surface area (Å²) < 4.78 is 26.1. The van der Waals surface area contributed by atoms with Crippen LogP contribution in [0, 0.1) is 0 Å². The Kier molecular flexibility index (Phi) is 4.39. The molecule has 0 spiro atoms. The summed E-state index contributed by atoms with van der Waals surface area (Å²) in [5.41, 5.74) is 4.07. The van der Waals surface area contributed by atoms with E-state index in [9.17, 15) is 8.42 Å². The van der Waals surface area contributed by atoms with Crippen LogP contribution in [-0.2, 0) is 16.6 Å². The first kappa shape index (κ1) is 14.5. The van der Waals surface area contributed by atoms with Crippen LogP contribution < -0.4 is 11.3 Å². The molecule has 0 aliphatic carbocycles. The number of nitrogens with one attached hydrogen (secondary N) is 1. The number of rotatable bonds is 5. The molecule has 0 amide bonds. The van der Waals surface area contributed by atoms with Gasteiger partial charge in [-0.1, -0.05) is 30.3 Å². The van der Waals surface area contributed by atoms with Crippen LogP contribution in [0.25, 0.3) is 0 Å². The number of anilines is 1. The van der Waals surface area contributed by atoms with Gasteiger partial charge in [0, 0.05) is 19.3 Å². The highest BCUT2D eigenvalue weighted by Gasteiger charge is 2.20. The zero-order valence-electron chi connectivity index (χ0n) is 11.2. The van der Waals surface area contributed by atoms with Crippen molar-refractivity contribution in [2.75, 3.05) is 12.5 Å². The van der Waals surface area contributed by atoms with Gasteiger partial charge in [-0.25, -0.2) is 8.42 Å². The monoisotopic (exact) mass is 291 g/mol. The minimum absolute atomic E-state index is 0.245. The molecule has 0 saturated carbocycles. The topological polar surface area (TPSA) is 75.4 Å². The molecule has 0 aliphatic rings. The molecular formula is C14H17N3O2S. The van der Waals surface area contributed by atoms with Gasteiger partial charge in [-0.05, 0) is 29.8 Å². The molecule has 6 heteroatoms. The van der Waals surface area contributed by atoms with Crippen molar-refractivity contribution in [3.05, 3.63) is 60.2 Å². The number of nitrogens with two attached hydrogens (primary N) is 1. The standard InChI is InChI=1S/C14H17N3O2S/c1-17(11-12-5-3-2-4-6-12)20(18,19)14-9-7-13(16-15)8-10-14/h2-10,16H,11,15H2,1H3. The quantitative estimate of drug-likeness (QED) is 0.650. The van der Waals surface area contributed by atoms with Crippen LogP contribution in [0.15, 0.2) is 59.5 Å². The normalized spacial score (nSPS) is 11.6. The van der Waals surface area contributed by atoms with E-state index < -0.39 is 10.0 Å². The molecule has 2 aromatic rings. The van der Waals surface area contributed by atoms with Crippen molar-refractivity contribution in [3.63, 3.8) is 0 Å². The van der Waals surface area contributed by atoms with Crippen LogP contribution in [0.2, 0.25) is 0 Å². The highest BCUT2D eigenvalue weighted by Crippen LogP contribution is 2.18. The van der Waals surface area contributed by atoms with E-state index in [2.05, 4.69) is 5.43 Å². The fourth-order valence-electron chi connectivity index (χ4n) is 1.83. The summed E-state index contributed by atoms with van der Waals surface area (Å²) in [6.07, 6.45) is 0. The molecule has 5 nitrogen and oxygen atoms in total. The van der Waals surface area contributed by atoms with E-state index in [1.54, 1.807) is 19.2 Å². The first-order chi connectivity index (χ1) is 9.54. The van der Waals surface area contributed by atoms with Gasteiger partial charge in [-0.2, -0.15) is 4.31 Å². The molecule has 0 bridgehead atoms. The lowest BCUT2D eigenvalue weighted by Gasteiger charge is -2.17. The SMILES string of the molecule is CN(Cc1ccccc1)S(=O)(=O)c1ccc(NN)cc1. The first-order valence-corrected chi connectivity index (χ1v) is 7.55. The summed E-state index contributed by atoms with van der Waals surface area (Å²) in [7, 11) is -1.93. The molecule has 0 radical (unpaired) electrons. The number of hydrogen-bond donors (Lipinski definition) is 2. The van der Waals surface area contributed by atoms with Gasteiger partial charge in [0.25, 0.3) is 0 Å². The van der Waals surface area contributed by atoms with Crippen molar-refractivity contribution < 1.29 is 8.42 Å². The number of benzene rings is 2. The summed E-state index contributed by atoms with van der Waals surface area (Å²) in [4.78, 5) is 0.245. The molecule has 0 heterocycles. The highest BCUT2D eigenvalue weighted by atomic mass is 32.2. The second-order valence-corrected chi connectivity index (χ2v) is 6.46. The van der Waals surface area contributed by atoms with Crippen molar-refractivity contribution in [1.82, 2.24) is 4.31 Å². The third-order valence-electron chi connectivity index (χ3n) is 2.98. The van der Waals surface area contributed by atoms with E-state index >= 15 is 0 Å². The largest absolute Gasteiger partial charge is 0.324 e. The lowest BCUT2D eigenvalue weighted by atomic mass is 10.2. The number of nitrogen functional groups attached to an aromatic ring is 1. The van der Waals surface area contributed by atoms with Crippen molar-refractivity contribution >= 4 is 15.7 Å². The molecular weight excluding hydrogens is 274 g/mol. The third-order valence-corrected chi connectivity index (χ3v) is 4.79. The minimum atomic E-state index is -3.50. The Morgan fingerprint density at radius 1 is 1.05 bits per heavy atom. The molecule has 106 valence electrons. The second-order valence-electron chi connectivity index (χ2n) is 4.42. The molecule has 0 saturated heterocycles. The number of nitrogens with zero attached hydrogens (tertiary/aromatic N) is 1. The van der Waals surface area contributed by atoms with Crippen molar-refractivity contribution in [1.29, 1.82) is 0 Å². The van der Waals surface area contributed by atoms with Crippen LogP contribution >= 0.6 is 0 Å². The van der Waals surface area contributed by atoms with Gasteiger partial charge in [0.05, 0.1) is 4.90 Å². The van der Waals surface area contributed by atoms with E-state index in [4.69, 9.17) is 5.84 Å². The lowest BCUT2D eigenvalue weighted by molar-refractivity contribution is 0.467. The molecule has 0 aliphatic heterocycles. The maximum atomic E-state index is 12.4. The molecule has 2 aromatic carbocycles. The molecule has 3 N–H and O–H groups in total. The fraction of sp³-hybridized carbons (Fsp3) is 0.143. The van der Waals surface area contributed by atoms with Crippen molar-refractivity contribution in [3.8, 4) is 0 Å². The molecule has 20 heavy (non-hydrogen) atoms. The Labute approximate surface area is 119 Å². The van der Waals surface area contributed by atoms with E-state index in [-0.39, 0.29) is 4.90 Å². The summed E-state index contributed by atoms with van der Waals surface area (Å²) in [5, 5.41) is 0. The summed E-state index contributed by atoms with van der Waals surface area (Å²) in [6.45, 7) is 0.333. The van der Waals surface area contributed by atoms with Crippen molar-refractivity contribution in [2.45, 2.75) is 11.4 Å². The van der Waals surface area contributed by atoms with Crippen LogP contribution in [0.5, 0.6) is 0 Å². The highest BCUT2D eigenvalue weighted by molar-refractivity contribution is 7.89. The van der Waals surface area contributed by atoms with Crippen LogP contribution in [0.1, 0.15) is 5.56 Å². The Morgan fingerprint density at radius 3 is 2.20 bits per heavy atom. The number of sulfonamides is 1. The minimum Gasteiger partial charge on any atom is -0.324 e. The average molecular weight is 291 g/mol. The van der Waals surface area contributed by atoms with Gasteiger partial charge in [0.1, 0.15) is 0 Å². The number of hydrogen-bond acceptors (Lipinski definition) is 4. The fourth-order valence-corrected chi connectivity index (χ4v) is 2.99. The smallest absolute Gasteiger partial charge is 0.243 e. The van der Waals surface area contributed by atoms with Crippen molar-refractivity contribution in [2.24, 2.45) is 5.84 Å². The number of hydrazine groups is 1. The molecule has 0 unspecified atom stereocenters. The van der Waals surface area contributed by atoms with Gasteiger partial charge >= 0.3 is 0 Å². The third kappa shape index (κ3) is 3.16. The Bertz CT molecular complexity index is 655. The summed E-state index contributed by atoms with van der Waals surface area (Å²) in [5.74, 6) is 5.26. The first-order valence-electron chi connectivity index (χ1n) is 6.11. The lowest BCUT2D eigenvalue weighted by Crippen LogP contribution is -2.26. The van der Waals surface area contributed by atoms with E-state index in [0.717, 1.165) is 5.56 Å². The van der Waals surface area contributed by atoms with Crippen LogP contribution in [0.4, 0.5) is 5.69 Å². The molecule has 0 fully saturated rings. The van der Waals surface area contributed by atoms with E-state index in [1.165, 1.54) is 16.4 Å². The molecule has 0 aromatic heterocycles. The molecule has 2 rings (SSSR count). The molecule has 0 atom stereocenters. The van der Waals surface area contributed by atoms with Crippen LogP contribution in [0.3, 0.4) is 0 Å². The van der Waals surface area contributed by atoms with Crippen LogP contribution in [-0.4, -0.2) is 19.8 Å². The maximum absolute atomic E-state index is 12.4. The average Bonchev–Trinajstić information content (AvgIpc) is 2.48. The van der Waals surface area contributed by atoms with Gasteiger partial charge in [0.15, 0.2) is 0 Å². The predicted octanol–water partition coefficient (Wildman–Crippen LogP) is 1.79. The van der Waals surface area contributed by atoms with Gasteiger partial charge in [0.2, 0.25) is 10.0 Å².